The van der Waals surface area contributed by atoms with Crippen molar-refractivity contribution in [3.63, 3.8) is 0 Å². The number of fused-ring (bicyclic) bond motifs is 1. The quantitative estimate of drug-likeness (QED) is 0.616. The van der Waals surface area contributed by atoms with Gasteiger partial charge in [0.2, 0.25) is 0 Å². The lowest BCUT2D eigenvalue weighted by Gasteiger charge is -2.24. The minimum Gasteiger partial charge on any atom is -0.501 e. The number of rotatable bonds is 1. The lowest BCUT2D eigenvalue weighted by molar-refractivity contribution is -0.114. The number of ether oxygens (including phenoxy) is 1. The number of allylic oxidation sites excluding steroid dienone is 4. The first-order chi connectivity index (χ1) is 6.31. The van der Waals surface area contributed by atoms with Gasteiger partial charge in [0, 0.05) is 12.8 Å². The first kappa shape index (κ1) is 8.54. The van der Waals surface area contributed by atoms with Crippen LogP contribution < -0.4 is 0 Å². The van der Waals surface area contributed by atoms with E-state index in [4.69, 9.17) is 4.74 Å². The molecular formula is C11H14O2. The van der Waals surface area contributed by atoms with E-state index in [-0.39, 0.29) is 5.78 Å². The van der Waals surface area contributed by atoms with Crippen molar-refractivity contribution in [2.75, 3.05) is 7.11 Å². The highest BCUT2D eigenvalue weighted by atomic mass is 16.5. The monoisotopic (exact) mass is 178 g/mol. The van der Waals surface area contributed by atoms with Crippen LogP contribution in [0, 0.1) is 0 Å². The molecule has 2 nitrogen and oxygen atoms in total. The van der Waals surface area contributed by atoms with Crippen LogP contribution in [0.2, 0.25) is 0 Å². The second-order valence-electron chi connectivity index (χ2n) is 3.60. The maximum absolute atomic E-state index is 11.2. The standard InChI is InChI=1S/C11H14O2/c1-13-11-4-2-3-8-7-9(12)5-6-10(8)11/h7H,2-6H2,1H3. The Morgan fingerprint density at radius 1 is 1.23 bits per heavy atom. The summed E-state index contributed by atoms with van der Waals surface area (Å²) in [5.41, 5.74) is 2.52. The number of hydrogen-bond donors (Lipinski definition) is 0. The van der Waals surface area contributed by atoms with Gasteiger partial charge in [0.15, 0.2) is 5.78 Å². The molecule has 0 spiro atoms. The van der Waals surface area contributed by atoms with E-state index in [1.54, 1.807) is 13.2 Å². The predicted molar refractivity (Wildman–Crippen MR) is 50.2 cm³/mol. The van der Waals surface area contributed by atoms with Crippen LogP contribution in [0.25, 0.3) is 0 Å². The van der Waals surface area contributed by atoms with E-state index in [0.29, 0.717) is 6.42 Å². The Morgan fingerprint density at radius 3 is 2.85 bits per heavy atom. The number of carbonyl (C=O) groups is 1. The largest absolute Gasteiger partial charge is 0.501 e. The third-order valence-corrected chi connectivity index (χ3v) is 2.78. The normalized spacial score (nSPS) is 22.5. The second kappa shape index (κ2) is 3.36. The smallest absolute Gasteiger partial charge is 0.156 e. The maximum Gasteiger partial charge on any atom is 0.156 e. The van der Waals surface area contributed by atoms with Crippen molar-refractivity contribution in [2.45, 2.75) is 32.1 Å². The molecule has 70 valence electrons. The highest BCUT2D eigenvalue weighted by molar-refractivity contribution is 5.92. The molecule has 0 N–H and O–H groups in total. The van der Waals surface area contributed by atoms with Gasteiger partial charge in [0.05, 0.1) is 12.9 Å². The first-order valence-corrected chi connectivity index (χ1v) is 4.81. The molecule has 0 amide bonds. The third kappa shape index (κ3) is 1.53. The molecule has 0 fully saturated rings. The number of methoxy groups -OCH3 is 1. The molecule has 0 unspecified atom stereocenters. The van der Waals surface area contributed by atoms with Crippen LogP contribution >= 0.6 is 0 Å². The molecule has 0 heterocycles. The van der Waals surface area contributed by atoms with Gasteiger partial charge < -0.3 is 4.74 Å². The zero-order chi connectivity index (χ0) is 9.26. The summed E-state index contributed by atoms with van der Waals surface area (Å²) in [6, 6.07) is 0. The van der Waals surface area contributed by atoms with Crippen LogP contribution in [0.5, 0.6) is 0 Å². The Kier molecular flexibility index (Phi) is 2.21. The van der Waals surface area contributed by atoms with Gasteiger partial charge in [0.1, 0.15) is 0 Å². The molecule has 0 atom stereocenters. The van der Waals surface area contributed by atoms with Crippen molar-refractivity contribution in [2.24, 2.45) is 0 Å². The van der Waals surface area contributed by atoms with Gasteiger partial charge in [-0.15, -0.1) is 0 Å². The Labute approximate surface area is 78.3 Å². The van der Waals surface area contributed by atoms with Crippen LogP contribution in [0.3, 0.4) is 0 Å². The van der Waals surface area contributed by atoms with Gasteiger partial charge in [-0.1, -0.05) is 0 Å². The highest BCUT2D eigenvalue weighted by Crippen LogP contribution is 2.35. The first-order valence-electron chi connectivity index (χ1n) is 4.81. The minimum absolute atomic E-state index is 0.274. The molecule has 2 aliphatic rings. The van der Waals surface area contributed by atoms with Gasteiger partial charge in [-0.2, -0.15) is 0 Å². The van der Waals surface area contributed by atoms with Crippen LogP contribution in [-0.4, -0.2) is 12.9 Å². The molecule has 0 aliphatic heterocycles. The molecule has 13 heavy (non-hydrogen) atoms. The minimum atomic E-state index is 0.274. The SMILES string of the molecule is COC1=C2CCC(=O)C=C2CCC1. The second-order valence-corrected chi connectivity index (χ2v) is 3.60. The summed E-state index contributed by atoms with van der Waals surface area (Å²) in [7, 11) is 1.72. The summed E-state index contributed by atoms with van der Waals surface area (Å²) >= 11 is 0. The van der Waals surface area contributed by atoms with Gasteiger partial charge in [-0.3, -0.25) is 4.79 Å². The average Bonchev–Trinajstić information content (AvgIpc) is 2.16. The van der Waals surface area contributed by atoms with Crippen molar-refractivity contribution in [1.82, 2.24) is 0 Å². The summed E-state index contributed by atoms with van der Waals surface area (Å²) in [5, 5.41) is 0. The fourth-order valence-corrected chi connectivity index (χ4v) is 2.12. The van der Waals surface area contributed by atoms with E-state index in [9.17, 15) is 4.79 Å². The Hall–Kier alpha value is -1.05. The maximum atomic E-state index is 11.2. The van der Waals surface area contributed by atoms with E-state index < -0.39 is 0 Å². The Bertz CT molecular complexity index is 297. The van der Waals surface area contributed by atoms with E-state index in [1.807, 2.05) is 0 Å². The van der Waals surface area contributed by atoms with Crippen LogP contribution in [0.15, 0.2) is 23.0 Å². The summed E-state index contributed by atoms with van der Waals surface area (Å²) in [5.74, 6) is 1.38. The van der Waals surface area contributed by atoms with E-state index >= 15 is 0 Å². The summed E-state index contributed by atoms with van der Waals surface area (Å²) in [6.07, 6.45) is 6.55. The summed E-state index contributed by atoms with van der Waals surface area (Å²) in [4.78, 5) is 11.2. The van der Waals surface area contributed by atoms with Crippen molar-refractivity contribution < 1.29 is 9.53 Å². The third-order valence-electron chi connectivity index (χ3n) is 2.78. The molecule has 0 bridgehead atoms. The number of hydrogen-bond acceptors (Lipinski definition) is 2. The van der Waals surface area contributed by atoms with Gasteiger partial charge >= 0.3 is 0 Å². The highest BCUT2D eigenvalue weighted by Gasteiger charge is 2.22. The zero-order valence-corrected chi connectivity index (χ0v) is 7.93. The van der Waals surface area contributed by atoms with E-state index in [2.05, 4.69) is 0 Å². The lowest BCUT2D eigenvalue weighted by atomic mass is 9.84. The van der Waals surface area contributed by atoms with Gasteiger partial charge in [0.25, 0.3) is 0 Å². The van der Waals surface area contributed by atoms with Crippen molar-refractivity contribution in [3.05, 3.63) is 23.0 Å². The molecule has 2 rings (SSSR count). The number of ketones is 1. The molecule has 0 radical (unpaired) electrons. The molecule has 0 aromatic carbocycles. The summed E-state index contributed by atoms with van der Waals surface area (Å²) in [6.45, 7) is 0. The van der Waals surface area contributed by atoms with Crippen LogP contribution in [0.1, 0.15) is 32.1 Å². The van der Waals surface area contributed by atoms with E-state index in [0.717, 1.165) is 31.4 Å². The molecule has 2 aliphatic carbocycles. The van der Waals surface area contributed by atoms with Crippen molar-refractivity contribution >= 4 is 5.78 Å². The molecule has 2 heteroatoms. The van der Waals surface area contributed by atoms with E-state index in [1.165, 1.54) is 11.1 Å². The topological polar surface area (TPSA) is 26.3 Å². The summed E-state index contributed by atoms with van der Waals surface area (Å²) < 4.78 is 5.32. The fraction of sp³-hybridized carbons (Fsp3) is 0.545. The number of carbonyl (C=O) groups excluding carboxylic acids is 1. The Morgan fingerprint density at radius 2 is 2.08 bits per heavy atom. The molecule has 0 aromatic heterocycles. The predicted octanol–water partition coefficient (Wildman–Crippen LogP) is 2.36. The average molecular weight is 178 g/mol. The Balaban J connectivity index is 2.37. The zero-order valence-electron chi connectivity index (χ0n) is 7.93. The molecular weight excluding hydrogens is 164 g/mol. The lowest BCUT2D eigenvalue weighted by Crippen LogP contribution is -2.12. The van der Waals surface area contributed by atoms with Crippen LogP contribution in [-0.2, 0) is 9.53 Å². The molecule has 0 saturated heterocycles. The van der Waals surface area contributed by atoms with Crippen molar-refractivity contribution in [3.8, 4) is 0 Å². The van der Waals surface area contributed by atoms with Gasteiger partial charge in [-0.25, -0.2) is 0 Å². The van der Waals surface area contributed by atoms with Crippen LogP contribution in [0.4, 0.5) is 0 Å². The van der Waals surface area contributed by atoms with Gasteiger partial charge in [-0.05, 0) is 36.5 Å². The fourth-order valence-electron chi connectivity index (χ4n) is 2.12. The van der Waals surface area contributed by atoms with Crippen molar-refractivity contribution in [1.29, 1.82) is 0 Å². The molecule has 0 saturated carbocycles. The molecule has 0 aromatic rings.